The Morgan fingerprint density at radius 3 is 3.11 bits per heavy atom. The van der Waals surface area contributed by atoms with E-state index in [4.69, 9.17) is 16.3 Å². The number of hydrogen-bond acceptors (Lipinski definition) is 2. The highest BCUT2D eigenvalue weighted by Crippen LogP contribution is 2.24. The van der Waals surface area contributed by atoms with E-state index < -0.39 is 0 Å². The summed E-state index contributed by atoms with van der Waals surface area (Å²) in [5, 5.41) is 3.42. The molecule has 19 heavy (non-hydrogen) atoms. The summed E-state index contributed by atoms with van der Waals surface area (Å²) in [6.45, 7) is 3.53. The van der Waals surface area contributed by atoms with E-state index in [0.29, 0.717) is 23.0 Å². The van der Waals surface area contributed by atoms with Crippen LogP contribution in [0.25, 0.3) is 0 Å². The van der Waals surface area contributed by atoms with Crippen molar-refractivity contribution in [2.75, 3.05) is 13.2 Å². The van der Waals surface area contributed by atoms with Crippen molar-refractivity contribution < 1.29 is 9.53 Å². The monoisotopic (exact) mass is 345 g/mol. The van der Waals surface area contributed by atoms with Crippen LogP contribution in [-0.4, -0.2) is 25.2 Å². The predicted octanol–water partition coefficient (Wildman–Crippen LogP) is 3.65. The minimum absolute atomic E-state index is 0.131. The number of ether oxygens (including phenoxy) is 1. The molecule has 5 heteroatoms. The lowest BCUT2D eigenvalue weighted by molar-refractivity contribution is 0.0827. The quantitative estimate of drug-likeness (QED) is 0.904. The van der Waals surface area contributed by atoms with Crippen LogP contribution in [-0.2, 0) is 4.74 Å². The summed E-state index contributed by atoms with van der Waals surface area (Å²) in [7, 11) is 0. The summed E-state index contributed by atoms with van der Waals surface area (Å²) in [6, 6.07) is 5.27. The Bertz CT molecular complexity index is 467. The molecule has 3 nitrogen and oxygen atoms in total. The number of rotatable bonds is 4. The smallest absolute Gasteiger partial charge is 0.252 e. The Kier molecular flexibility index (Phi) is 5.25. The fourth-order valence-corrected chi connectivity index (χ4v) is 2.93. The van der Waals surface area contributed by atoms with Crippen molar-refractivity contribution in [3.05, 3.63) is 33.3 Å². The van der Waals surface area contributed by atoms with Crippen molar-refractivity contribution in [1.29, 1.82) is 0 Å². The number of benzene rings is 1. The van der Waals surface area contributed by atoms with Gasteiger partial charge in [0.2, 0.25) is 0 Å². The Morgan fingerprint density at radius 2 is 2.37 bits per heavy atom. The van der Waals surface area contributed by atoms with Gasteiger partial charge in [0, 0.05) is 23.5 Å². The zero-order valence-electron chi connectivity index (χ0n) is 10.8. The maximum Gasteiger partial charge on any atom is 0.252 e. The zero-order valence-corrected chi connectivity index (χ0v) is 13.1. The van der Waals surface area contributed by atoms with Crippen LogP contribution in [0.4, 0.5) is 0 Å². The molecule has 1 aliphatic heterocycles. The predicted molar refractivity (Wildman–Crippen MR) is 79.6 cm³/mol. The van der Waals surface area contributed by atoms with Crippen molar-refractivity contribution in [2.24, 2.45) is 5.92 Å². The first-order chi connectivity index (χ1) is 9.11. The zero-order chi connectivity index (χ0) is 13.8. The summed E-state index contributed by atoms with van der Waals surface area (Å²) < 4.78 is 6.46. The van der Waals surface area contributed by atoms with Crippen molar-refractivity contribution >= 4 is 33.4 Å². The maximum atomic E-state index is 12.1. The minimum Gasteiger partial charge on any atom is -0.378 e. The second-order valence-electron chi connectivity index (χ2n) is 4.70. The van der Waals surface area contributed by atoms with Crippen molar-refractivity contribution in [3.8, 4) is 0 Å². The molecule has 1 fully saturated rings. The highest BCUT2D eigenvalue weighted by molar-refractivity contribution is 9.10. The summed E-state index contributed by atoms with van der Waals surface area (Å²) >= 11 is 9.38. The van der Waals surface area contributed by atoms with Gasteiger partial charge in [-0.2, -0.15) is 0 Å². The topological polar surface area (TPSA) is 38.3 Å². The van der Waals surface area contributed by atoms with Gasteiger partial charge < -0.3 is 10.1 Å². The van der Waals surface area contributed by atoms with Gasteiger partial charge in [0.25, 0.3) is 5.91 Å². The number of carbonyl (C=O) groups excluding carboxylic acids is 1. The van der Waals surface area contributed by atoms with E-state index in [2.05, 4.69) is 28.2 Å². The molecule has 1 amide bonds. The molecule has 0 aromatic heterocycles. The van der Waals surface area contributed by atoms with Gasteiger partial charge >= 0.3 is 0 Å². The molecule has 0 spiro atoms. The summed E-state index contributed by atoms with van der Waals surface area (Å²) in [4.78, 5) is 12.1. The number of amides is 1. The van der Waals surface area contributed by atoms with Crippen molar-refractivity contribution in [1.82, 2.24) is 5.32 Å². The van der Waals surface area contributed by atoms with Crippen molar-refractivity contribution in [3.63, 3.8) is 0 Å². The summed E-state index contributed by atoms with van der Waals surface area (Å²) in [6.07, 6.45) is 2.25. The first-order valence-corrected chi connectivity index (χ1v) is 7.63. The van der Waals surface area contributed by atoms with Gasteiger partial charge in [-0.15, -0.1) is 0 Å². The van der Waals surface area contributed by atoms with E-state index in [1.54, 1.807) is 12.1 Å². The number of halogens is 2. The molecule has 0 radical (unpaired) electrons. The normalized spacial score (nSPS) is 22.5. The van der Waals surface area contributed by atoms with E-state index in [1.165, 1.54) is 0 Å². The largest absolute Gasteiger partial charge is 0.378 e. The molecule has 0 bridgehead atoms. The molecule has 0 aliphatic carbocycles. The molecular weight excluding hydrogens is 330 g/mol. The highest BCUT2D eigenvalue weighted by Gasteiger charge is 2.27. The van der Waals surface area contributed by atoms with Gasteiger partial charge in [-0.3, -0.25) is 4.79 Å². The Morgan fingerprint density at radius 1 is 1.58 bits per heavy atom. The molecule has 2 unspecified atom stereocenters. The molecular formula is C14H17BrClNO2. The standard InChI is InChI=1S/C14H17BrClNO2/c1-2-13-9(5-6-19-13)8-17-14(18)11-7-10(15)3-4-12(11)16/h3-4,7,9,13H,2,5-6,8H2,1H3,(H,17,18). The number of hydrogen-bond donors (Lipinski definition) is 1. The fraction of sp³-hybridized carbons (Fsp3) is 0.500. The van der Waals surface area contributed by atoms with Gasteiger partial charge in [0.1, 0.15) is 0 Å². The third-order valence-corrected chi connectivity index (χ3v) is 4.27. The van der Waals surface area contributed by atoms with E-state index in [-0.39, 0.29) is 12.0 Å². The van der Waals surface area contributed by atoms with Crippen LogP contribution in [0, 0.1) is 5.92 Å². The van der Waals surface area contributed by atoms with E-state index in [1.807, 2.05) is 6.07 Å². The van der Waals surface area contributed by atoms with Gasteiger partial charge in [-0.05, 0) is 31.0 Å². The average Bonchev–Trinajstić information content (AvgIpc) is 2.86. The molecule has 1 heterocycles. The molecule has 104 valence electrons. The van der Waals surface area contributed by atoms with Gasteiger partial charge in [0.05, 0.1) is 16.7 Å². The Labute approximate surface area is 126 Å². The molecule has 1 aliphatic rings. The maximum absolute atomic E-state index is 12.1. The van der Waals surface area contributed by atoms with Crippen molar-refractivity contribution in [2.45, 2.75) is 25.9 Å². The third-order valence-electron chi connectivity index (χ3n) is 3.45. The van der Waals surface area contributed by atoms with Gasteiger partial charge in [-0.25, -0.2) is 0 Å². The molecule has 1 aromatic carbocycles. The van der Waals surface area contributed by atoms with E-state index in [9.17, 15) is 4.79 Å². The number of carbonyl (C=O) groups is 1. The molecule has 0 saturated carbocycles. The molecule has 2 rings (SSSR count). The molecule has 2 atom stereocenters. The molecule has 1 N–H and O–H groups in total. The average molecular weight is 347 g/mol. The fourth-order valence-electron chi connectivity index (χ4n) is 2.37. The summed E-state index contributed by atoms with van der Waals surface area (Å²) in [5.41, 5.74) is 0.503. The SMILES string of the molecule is CCC1OCCC1CNC(=O)c1cc(Br)ccc1Cl. The van der Waals surface area contributed by atoms with Crippen LogP contribution in [0.5, 0.6) is 0 Å². The van der Waals surface area contributed by atoms with Crippen LogP contribution in [0.3, 0.4) is 0 Å². The Hall–Kier alpha value is -0.580. The van der Waals surface area contributed by atoms with Crippen LogP contribution in [0.2, 0.25) is 5.02 Å². The first-order valence-electron chi connectivity index (χ1n) is 6.46. The first kappa shape index (κ1) is 14.8. The van der Waals surface area contributed by atoms with E-state index >= 15 is 0 Å². The lowest BCUT2D eigenvalue weighted by Gasteiger charge is -2.17. The third kappa shape index (κ3) is 3.71. The lowest BCUT2D eigenvalue weighted by Crippen LogP contribution is -2.32. The van der Waals surface area contributed by atoms with Gasteiger partial charge in [-0.1, -0.05) is 34.5 Å². The highest BCUT2D eigenvalue weighted by atomic mass is 79.9. The lowest BCUT2D eigenvalue weighted by atomic mass is 9.99. The molecule has 1 saturated heterocycles. The number of nitrogens with one attached hydrogen (secondary N) is 1. The Balaban J connectivity index is 1.96. The van der Waals surface area contributed by atoms with Crippen LogP contribution in [0.1, 0.15) is 30.1 Å². The second kappa shape index (κ2) is 6.73. The summed E-state index contributed by atoms with van der Waals surface area (Å²) in [5.74, 6) is 0.271. The minimum atomic E-state index is -0.131. The van der Waals surface area contributed by atoms with E-state index in [0.717, 1.165) is 23.9 Å². The molecule has 1 aromatic rings. The van der Waals surface area contributed by atoms with Crippen LogP contribution >= 0.6 is 27.5 Å². The van der Waals surface area contributed by atoms with Gasteiger partial charge in [0.15, 0.2) is 0 Å². The van der Waals surface area contributed by atoms with Crippen LogP contribution in [0.15, 0.2) is 22.7 Å². The van der Waals surface area contributed by atoms with Crippen LogP contribution < -0.4 is 5.32 Å². The second-order valence-corrected chi connectivity index (χ2v) is 6.02.